The average Bonchev–Trinajstić information content (AvgIpc) is 3.18. The fourth-order valence-electron chi connectivity index (χ4n) is 4.24. The van der Waals surface area contributed by atoms with E-state index in [9.17, 15) is 13.5 Å². The first-order valence-electron chi connectivity index (χ1n) is 9.78. The molecule has 2 aromatic carbocycles. The summed E-state index contributed by atoms with van der Waals surface area (Å²) in [6, 6.07) is 17.6. The number of fused-ring (bicyclic) bond motifs is 2. The van der Waals surface area contributed by atoms with Crippen LogP contribution in [0.3, 0.4) is 0 Å². The molecule has 0 saturated carbocycles. The van der Waals surface area contributed by atoms with Crippen LogP contribution >= 0.6 is 0 Å². The van der Waals surface area contributed by atoms with E-state index < -0.39 is 22.2 Å². The molecule has 3 heterocycles. The number of H-pyrrole nitrogens is 1. The number of nitrogens with zero attached hydrogens (tertiary/aromatic N) is 2. The lowest BCUT2D eigenvalue weighted by Gasteiger charge is -2.39. The maximum absolute atomic E-state index is 13.5. The highest BCUT2D eigenvalue weighted by Crippen LogP contribution is 2.39. The van der Waals surface area contributed by atoms with E-state index in [0.29, 0.717) is 12.0 Å². The number of para-hydroxylation sites is 1. The minimum Gasteiger partial charge on any atom is -0.387 e. The lowest BCUT2D eigenvalue weighted by atomic mass is 9.95. The maximum atomic E-state index is 13.5. The molecule has 7 heteroatoms. The van der Waals surface area contributed by atoms with Crippen LogP contribution in [0.25, 0.3) is 10.9 Å². The number of sulfonamides is 1. The van der Waals surface area contributed by atoms with E-state index in [0.717, 1.165) is 22.0 Å². The van der Waals surface area contributed by atoms with Gasteiger partial charge in [-0.1, -0.05) is 42.5 Å². The van der Waals surface area contributed by atoms with E-state index >= 15 is 0 Å². The van der Waals surface area contributed by atoms with Gasteiger partial charge in [-0.2, -0.15) is 4.31 Å². The largest absolute Gasteiger partial charge is 0.387 e. The molecule has 0 spiro atoms. The Bertz CT molecular complexity index is 1300. The molecule has 4 aromatic rings. The smallest absolute Gasteiger partial charge is 0.244 e. The molecular weight excluding hydrogens is 398 g/mol. The van der Waals surface area contributed by atoms with Gasteiger partial charge in [-0.3, -0.25) is 4.98 Å². The van der Waals surface area contributed by atoms with Crippen LogP contribution in [0, 0.1) is 0 Å². The van der Waals surface area contributed by atoms with Crippen molar-refractivity contribution in [3.63, 3.8) is 0 Å². The Morgan fingerprint density at radius 2 is 1.83 bits per heavy atom. The van der Waals surface area contributed by atoms with Gasteiger partial charge in [0.2, 0.25) is 10.0 Å². The van der Waals surface area contributed by atoms with E-state index in [2.05, 4.69) is 9.97 Å². The molecule has 0 saturated heterocycles. The topological polar surface area (TPSA) is 86.3 Å². The third-order valence-electron chi connectivity index (χ3n) is 5.72. The van der Waals surface area contributed by atoms with Crippen LogP contribution in [-0.4, -0.2) is 33.8 Å². The van der Waals surface area contributed by atoms with Crippen molar-refractivity contribution >= 4 is 20.9 Å². The molecule has 2 N–H and O–H groups in total. The van der Waals surface area contributed by atoms with Crippen molar-refractivity contribution in [1.82, 2.24) is 14.3 Å². The number of hydrogen-bond acceptors (Lipinski definition) is 4. The number of nitrogens with one attached hydrogen (secondary N) is 1. The Kier molecular flexibility index (Phi) is 4.66. The van der Waals surface area contributed by atoms with Crippen molar-refractivity contribution in [1.29, 1.82) is 0 Å². The molecule has 5 rings (SSSR count). The summed E-state index contributed by atoms with van der Waals surface area (Å²) in [7, 11) is -3.78. The number of pyridine rings is 1. The Hall–Kier alpha value is -3.00. The van der Waals surface area contributed by atoms with Crippen LogP contribution in [0.2, 0.25) is 0 Å². The minimum atomic E-state index is -3.78. The highest BCUT2D eigenvalue weighted by molar-refractivity contribution is 7.89. The molecule has 30 heavy (non-hydrogen) atoms. The van der Waals surface area contributed by atoms with Crippen molar-refractivity contribution in [2.45, 2.75) is 30.0 Å². The predicted molar refractivity (Wildman–Crippen MR) is 114 cm³/mol. The predicted octanol–water partition coefficient (Wildman–Crippen LogP) is 3.41. The summed E-state index contributed by atoms with van der Waals surface area (Å²) in [6.07, 6.45) is 4.66. The van der Waals surface area contributed by atoms with Crippen LogP contribution in [-0.2, 0) is 23.0 Å². The number of aliphatic hydroxyl groups is 1. The lowest BCUT2D eigenvalue weighted by molar-refractivity contribution is 0.0771. The number of aromatic amines is 1. The summed E-state index contributed by atoms with van der Waals surface area (Å²) in [5, 5.41) is 12.3. The first-order chi connectivity index (χ1) is 14.6. The molecule has 6 nitrogen and oxygen atoms in total. The van der Waals surface area contributed by atoms with Crippen LogP contribution in [0.5, 0.6) is 0 Å². The number of rotatable bonds is 4. The zero-order chi connectivity index (χ0) is 20.7. The van der Waals surface area contributed by atoms with E-state index in [1.54, 1.807) is 42.7 Å². The summed E-state index contributed by atoms with van der Waals surface area (Å²) < 4.78 is 28.5. The molecule has 1 aliphatic heterocycles. The number of benzene rings is 2. The molecule has 2 atom stereocenters. The molecular formula is C23H21N3O3S. The Morgan fingerprint density at radius 3 is 2.67 bits per heavy atom. The second-order valence-electron chi connectivity index (χ2n) is 7.53. The summed E-state index contributed by atoms with van der Waals surface area (Å²) >= 11 is 0. The van der Waals surface area contributed by atoms with Crippen LogP contribution in [0.4, 0.5) is 0 Å². The standard InChI is InChI=1S/C23H21N3O3S/c27-23-19-8-2-4-10-22(19)30(28,29)26(15-16-6-5-11-24-13-16)21(23)12-17-14-25-20-9-3-1-7-18(17)20/h1-11,13-14,21,23,25,27H,12,15H2/t21-,23+/m0/s1. The van der Waals surface area contributed by atoms with Gasteiger partial charge < -0.3 is 10.1 Å². The quantitative estimate of drug-likeness (QED) is 0.531. The van der Waals surface area contributed by atoms with Gasteiger partial charge in [0, 0.05) is 41.6 Å². The fourth-order valence-corrected chi connectivity index (χ4v) is 6.10. The van der Waals surface area contributed by atoms with Crippen molar-refractivity contribution in [3.05, 3.63) is 95.9 Å². The second kappa shape index (κ2) is 7.36. The zero-order valence-corrected chi connectivity index (χ0v) is 17.0. The minimum absolute atomic E-state index is 0.147. The van der Waals surface area contributed by atoms with E-state index in [1.807, 2.05) is 36.5 Å². The molecule has 0 amide bonds. The number of aromatic nitrogens is 2. The molecule has 0 aliphatic carbocycles. The number of hydrogen-bond donors (Lipinski definition) is 2. The summed E-state index contributed by atoms with van der Waals surface area (Å²) in [4.78, 5) is 7.51. The van der Waals surface area contributed by atoms with Gasteiger partial charge in [0.1, 0.15) is 0 Å². The molecule has 0 fully saturated rings. The monoisotopic (exact) mass is 419 g/mol. The Labute approximate surface area is 174 Å². The van der Waals surface area contributed by atoms with Crippen molar-refractivity contribution in [2.24, 2.45) is 0 Å². The third-order valence-corrected chi connectivity index (χ3v) is 7.67. The summed E-state index contributed by atoms with van der Waals surface area (Å²) in [5.41, 5.74) is 3.18. The van der Waals surface area contributed by atoms with Crippen LogP contribution in [0.15, 0.2) is 84.1 Å². The zero-order valence-electron chi connectivity index (χ0n) is 16.1. The lowest BCUT2D eigenvalue weighted by Crippen LogP contribution is -2.48. The number of aliphatic hydroxyl groups excluding tert-OH is 1. The Balaban J connectivity index is 1.62. The molecule has 0 radical (unpaired) electrons. The van der Waals surface area contributed by atoms with Crippen LogP contribution < -0.4 is 0 Å². The van der Waals surface area contributed by atoms with E-state index in [1.165, 1.54) is 4.31 Å². The SMILES string of the molecule is O=S1(=O)c2ccccc2[C@@H](O)[C@H](Cc2c[nH]c3ccccc23)N1Cc1cccnc1. The highest BCUT2D eigenvalue weighted by Gasteiger charge is 2.43. The highest BCUT2D eigenvalue weighted by atomic mass is 32.2. The first-order valence-corrected chi connectivity index (χ1v) is 11.2. The molecule has 152 valence electrons. The Morgan fingerprint density at radius 1 is 1.03 bits per heavy atom. The summed E-state index contributed by atoms with van der Waals surface area (Å²) in [5.74, 6) is 0. The average molecular weight is 420 g/mol. The fraction of sp³-hybridized carbons (Fsp3) is 0.174. The first kappa shape index (κ1) is 19.0. The van der Waals surface area contributed by atoms with Gasteiger partial charge in [0.25, 0.3) is 0 Å². The van der Waals surface area contributed by atoms with Crippen molar-refractivity contribution in [2.75, 3.05) is 0 Å². The molecule has 1 aliphatic rings. The summed E-state index contributed by atoms with van der Waals surface area (Å²) in [6.45, 7) is 0.147. The van der Waals surface area contributed by atoms with Gasteiger partial charge in [-0.25, -0.2) is 8.42 Å². The van der Waals surface area contributed by atoms with Gasteiger partial charge in [-0.15, -0.1) is 0 Å². The van der Waals surface area contributed by atoms with Crippen LogP contribution in [0.1, 0.15) is 22.8 Å². The maximum Gasteiger partial charge on any atom is 0.244 e. The normalized spacial score (nSPS) is 20.8. The third kappa shape index (κ3) is 3.11. The molecule has 0 bridgehead atoms. The van der Waals surface area contributed by atoms with Gasteiger partial charge in [0.15, 0.2) is 0 Å². The second-order valence-corrected chi connectivity index (χ2v) is 9.38. The molecule has 2 aromatic heterocycles. The van der Waals surface area contributed by atoms with E-state index in [-0.39, 0.29) is 11.4 Å². The van der Waals surface area contributed by atoms with Gasteiger partial charge in [0.05, 0.1) is 17.0 Å². The van der Waals surface area contributed by atoms with Gasteiger partial charge in [-0.05, 0) is 35.7 Å². The van der Waals surface area contributed by atoms with Crippen molar-refractivity contribution < 1.29 is 13.5 Å². The van der Waals surface area contributed by atoms with Crippen molar-refractivity contribution in [3.8, 4) is 0 Å². The molecule has 0 unspecified atom stereocenters. The van der Waals surface area contributed by atoms with Gasteiger partial charge >= 0.3 is 0 Å². The van der Waals surface area contributed by atoms with E-state index in [4.69, 9.17) is 0 Å².